The van der Waals surface area contributed by atoms with Gasteiger partial charge in [0.1, 0.15) is 24.4 Å². The molecule has 23 heavy (non-hydrogen) atoms. The van der Waals surface area contributed by atoms with Crippen molar-refractivity contribution in [1.82, 2.24) is 9.55 Å². The van der Waals surface area contributed by atoms with Gasteiger partial charge in [-0.25, -0.2) is 4.79 Å². The van der Waals surface area contributed by atoms with Crippen molar-refractivity contribution < 1.29 is 29.6 Å². The summed E-state index contributed by atoms with van der Waals surface area (Å²) < 4.78 is 10.8. The van der Waals surface area contributed by atoms with Crippen LogP contribution in [0.5, 0.6) is 0 Å². The molecular formula is C13H18N2O8. The Morgan fingerprint density at radius 3 is 2.65 bits per heavy atom. The minimum atomic E-state index is -1.43. The highest BCUT2D eigenvalue weighted by Gasteiger charge is 2.44. The van der Waals surface area contributed by atoms with Gasteiger partial charge in [0.2, 0.25) is 0 Å². The summed E-state index contributed by atoms with van der Waals surface area (Å²) in [4.78, 5) is 36.9. The molecule has 128 valence electrons. The molecule has 4 N–H and O–H groups in total. The average molecular weight is 330 g/mol. The number of H-pyrrole nitrogens is 1. The molecule has 1 aliphatic heterocycles. The van der Waals surface area contributed by atoms with E-state index in [-0.39, 0.29) is 18.5 Å². The lowest BCUT2D eigenvalue weighted by Gasteiger charge is -2.15. The lowest BCUT2D eigenvalue weighted by Crippen LogP contribution is -2.36. The van der Waals surface area contributed by atoms with Gasteiger partial charge in [-0.1, -0.05) is 0 Å². The van der Waals surface area contributed by atoms with Crippen molar-refractivity contribution in [3.8, 4) is 0 Å². The van der Waals surface area contributed by atoms with E-state index in [9.17, 15) is 24.6 Å². The zero-order chi connectivity index (χ0) is 17.1. The topological polar surface area (TPSA) is 151 Å². The van der Waals surface area contributed by atoms with Crippen molar-refractivity contribution >= 4 is 5.97 Å². The summed E-state index contributed by atoms with van der Waals surface area (Å²) in [5, 5.41) is 28.8. The van der Waals surface area contributed by atoms with Gasteiger partial charge in [-0.2, -0.15) is 0 Å². The number of ether oxygens (including phenoxy) is 2. The monoisotopic (exact) mass is 330 g/mol. The number of esters is 1. The molecule has 0 aliphatic carbocycles. The predicted molar refractivity (Wildman–Crippen MR) is 74.7 cm³/mol. The first-order chi connectivity index (χ1) is 10.9. The van der Waals surface area contributed by atoms with E-state index in [1.54, 1.807) is 0 Å². The highest BCUT2D eigenvalue weighted by atomic mass is 16.6. The van der Waals surface area contributed by atoms with Crippen LogP contribution in [0.2, 0.25) is 0 Å². The van der Waals surface area contributed by atoms with Gasteiger partial charge in [-0.3, -0.25) is 19.1 Å². The fourth-order valence-corrected chi connectivity index (χ4v) is 2.37. The van der Waals surface area contributed by atoms with Crippen molar-refractivity contribution in [2.45, 2.75) is 37.4 Å². The summed E-state index contributed by atoms with van der Waals surface area (Å²) in [5.41, 5.74) is -1.59. The number of nitrogens with zero attached hydrogens (tertiary/aromatic N) is 1. The molecule has 1 saturated heterocycles. The van der Waals surface area contributed by atoms with Gasteiger partial charge < -0.3 is 24.8 Å². The van der Waals surface area contributed by atoms with Crippen LogP contribution in [0.25, 0.3) is 0 Å². The van der Waals surface area contributed by atoms with Crippen molar-refractivity contribution in [2.24, 2.45) is 0 Å². The van der Waals surface area contributed by atoms with E-state index in [0.717, 1.165) is 10.8 Å². The van der Waals surface area contributed by atoms with Gasteiger partial charge in [0.25, 0.3) is 5.56 Å². The lowest BCUT2D eigenvalue weighted by atomic mass is 10.0. The molecule has 0 spiro atoms. The van der Waals surface area contributed by atoms with E-state index in [1.165, 1.54) is 7.11 Å². The molecule has 0 unspecified atom stereocenters. The van der Waals surface area contributed by atoms with Gasteiger partial charge in [-0.15, -0.1) is 0 Å². The summed E-state index contributed by atoms with van der Waals surface area (Å²) in [6.45, 7) is -0.571. The average Bonchev–Trinajstić information content (AvgIpc) is 2.81. The zero-order valence-electron chi connectivity index (χ0n) is 12.3. The van der Waals surface area contributed by atoms with Crippen molar-refractivity contribution in [2.75, 3.05) is 13.7 Å². The maximum Gasteiger partial charge on any atom is 0.328 e. The van der Waals surface area contributed by atoms with Gasteiger partial charge in [0.15, 0.2) is 0 Å². The number of hydrogen-bond acceptors (Lipinski definition) is 8. The Morgan fingerprint density at radius 2 is 2.09 bits per heavy atom. The van der Waals surface area contributed by atoms with Crippen LogP contribution in [0, 0.1) is 0 Å². The number of nitrogens with one attached hydrogen (secondary N) is 1. The Kier molecular flexibility index (Phi) is 5.31. The molecule has 2 heterocycles. The number of rotatable bonds is 5. The molecule has 1 aromatic rings. The Hall–Kier alpha value is -2.01. The number of aryl methyl sites for hydroxylation is 1. The van der Waals surface area contributed by atoms with Crippen molar-refractivity contribution in [3.63, 3.8) is 0 Å². The first kappa shape index (κ1) is 17.3. The predicted octanol–water partition coefficient (Wildman–Crippen LogP) is -2.75. The van der Waals surface area contributed by atoms with Gasteiger partial charge in [-0.05, 0) is 0 Å². The smallest absolute Gasteiger partial charge is 0.328 e. The van der Waals surface area contributed by atoms with Crippen molar-refractivity contribution in [1.29, 1.82) is 0 Å². The van der Waals surface area contributed by atoms with E-state index in [4.69, 9.17) is 9.84 Å². The minimum absolute atomic E-state index is 0.0376. The number of aliphatic hydroxyl groups excluding tert-OH is 3. The molecule has 10 heteroatoms. The summed E-state index contributed by atoms with van der Waals surface area (Å²) in [5.74, 6) is -0.530. The fraction of sp³-hybridized carbons (Fsp3) is 0.615. The number of carbonyl (C=O) groups is 1. The van der Waals surface area contributed by atoms with Crippen LogP contribution < -0.4 is 11.2 Å². The zero-order valence-corrected chi connectivity index (χ0v) is 12.3. The largest absolute Gasteiger partial charge is 0.469 e. The Balaban J connectivity index is 2.31. The third-order valence-electron chi connectivity index (χ3n) is 3.67. The van der Waals surface area contributed by atoms with E-state index in [0.29, 0.717) is 0 Å². The Morgan fingerprint density at radius 1 is 1.39 bits per heavy atom. The first-order valence-electron chi connectivity index (χ1n) is 6.92. The molecule has 0 saturated carbocycles. The number of carbonyl (C=O) groups excluding carboxylic acids is 1. The molecule has 1 fully saturated rings. The Bertz CT molecular complexity index is 681. The summed E-state index contributed by atoms with van der Waals surface area (Å²) in [7, 11) is 1.21. The quantitative estimate of drug-likeness (QED) is 0.424. The van der Waals surface area contributed by atoms with E-state index in [2.05, 4.69) is 9.72 Å². The second kappa shape index (κ2) is 7.04. The minimum Gasteiger partial charge on any atom is -0.469 e. The third-order valence-corrected chi connectivity index (χ3v) is 3.67. The highest BCUT2D eigenvalue weighted by Crippen LogP contribution is 2.31. The lowest BCUT2D eigenvalue weighted by molar-refractivity contribution is -0.140. The van der Waals surface area contributed by atoms with Crippen LogP contribution in [0.3, 0.4) is 0 Å². The Labute approximate surface area is 129 Å². The second-order valence-corrected chi connectivity index (χ2v) is 5.12. The molecule has 1 aliphatic rings. The number of aliphatic hydroxyl groups is 3. The summed E-state index contributed by atoms with van der Waals surface area (Å²) in [6, 6.07) is 0. The highest BCUT2D eigenvalue weighted by molar-refractivity contribution is 5.68. The molecule has 1 aromatic heterocycles. The van der Waals surface area contributed by atoms with E-state index >= 15 is 0 Å². The molecule has 4 atom stereocenters. The number of hydrogen-bond donors (Lipinski definition) is 4. The molecular weight excluding hydrogens is 312 g/mol. The standard InChI is InChI=1S/C13H18N2O8/c1-22-8(17)2-3-15-4-6(12(20)14-13(15)21)11-10(19)9(18)7(5-16)23-11/h4,7,9-11,16,18-19H,2-3,5H2,1H3,(H,14,20,21)/t7-,9+,10+,11+/m1/s1. The molecule has 0 radical (unpaired) electrons. The van der Waals surface area contributed by atoms with Crippen molar-refractivity contribution in [3.05, 3.63) is 32.6 Å². The number of aromatic nitrogens is 2. The normalized spacial score (nSPS) is 27.1. The van der Waals surface area contributed by atoms with Crippen LogP contribution in [0.4, 0.5) is 0 Å². The summed E-state index contributed by atoms with van der Waals surface area (Å²) in [6.07, 6.45) is -3.96. The molecule has 10 nitrogen and oxygen atoms in total. The molecule has 0 aromatic carbocycles. The van der Waals surface area contributed by atoms with Crippen LogP contribution >= 0.6 is 0 Å². The van der Waals surface area contributed by atoms with Crippen LogP contribution in [0.15, 0.2) is 15.8 Å². The van der Waals surface area contributed by atoms with Crippen LogP contribution in [0.1, 0.15) is 18.1 Å². The first-order valence-corrected chi connectivity index (χ1v) is 6.92. The van der Waals surface area contributed by atoms with E-state index in [1.807, 2.05) is 0 Å². The molecule has 0 amide bonds. The SMILES string of the molecule is COC(=O)CCn1cc([C@@H]2O[C@H](CO)[C@H](O)[C@@H]2O)c(=O)[nH]c1=O. The molecule has 2 rings (SSSR count). The number of methoxy groups -OCH3 is 1. The van der Waals surface area contributed by atoms with Gasteiger partial charge in [0.05, 0.1) is 25.7 Å². The molecule has 0 bridgehead atoms. The summed E-state index contributed by atoms with van der Waals surface area (Å²) >= 11 is 0. The number of aromatic amines is 1. The van der Waals surface area contributed by atoms with Gasteiger partial charge in [0, 0.05) is 12.7 Å². The van der Waals surface area contributed by atoms with Crippen LogP contribution in [-0.2, 0) is 20.8 Å². The fourth-order valence-electron chi connectivity index (χ4n) is 2.37. The van der Waals surface area contributed by atoms with E-state index < -0.39 is 48.2 Å². The third kappa shape index (κ3) is 3.50. The second-order valence-electron chi connectivity index (χ2n) is 5.12. The van der Waals surface area contributed by atoms with Crippen LogP contribution in [-0.4, -0.2) is 62.9 Å². The van der Waals surface area contributed by atoms with Gasteiger partial charge >= 0.3 is 11.7 Å². The maximum absolute atomic E-state index is 11.9. The maximum atomic E-state index is 11.9.